The summed E-state index contributed by atoms with van der Waals surface area (Å²) in [5.41, 5.74) is 5.77. The summed E-state index contributed by atoms with van der Waals surface area (Å²) >= 11 is 1.42. The predicted molar refractivity (Wildman–Crippen MR) is 59.3 cm³/mol. The highest BCUT2D eigenvalue weighted by Gasteiger charge is 2.11. The van der Waals surface area contributed by atoms with Crippen molar-refractivity contribution in [1.82, 2.24) is 10.1 Å². The molecule has 0 aliphatic heterocycles. The summed E-state index contributed by atoms with van der Waals surface area (Å²) in [6.45, 7) is 0.526. The third-order valence-corrected chi connectivity index (χ3v) is 2.73. The van der Waals surface area contributed by atoms with Crippen LogP contribution >= 0.6 is 11.3 Å². The zero-order valence-electron chi connectivity index (χ0n) is 8.34. The van der Waals surface area contributed by atoms with Crippen molar-refractivity contribution >= 4 is 23.1 Å². The first-order valence-electron chi connectivity index (χ1n) is 4.66. The Kier molecular flexibility index (Phi) is 3.28. The first kappa shape index (κ1) is 10.8. The number of hydrogen-bond acceptors (Lipinski definition) is 6. The van der Waals surface area contributed by atoms with Gasteiger partial charge in [0.25, 0.3) is 5.91 Å². The highest BCUT2D eigenvalue weighted by atomic mass is 32.1. The van der Waals surface area contributed by atoms with E-state index in [2.05, 4.69) is 20.0 Å². The normalized spacial score (nSPS) is 10.3. The van der Waals surface area contributed by atoms with Crippen molar-refractivity contribution in [3.8, 4) is 0 Å². The van der Waals surface area contributed by atoms with Crippen LogP contribution in [0.3, 0.4) is 0 Å². The quantitative estimate of drug-likeness (QED) is 0.824. The second-order valence-electron chi connectivity index (χ2n) is 3.00. The van der Waals surface area contributed by atoms with Crippen LogP contribution in [0.2, 0.25) is 0 Å². The fourth-order valence-electron chi connectivity index (χ4n) is 1.11. The Bertz CT molecular complexity index is 466. The van der Waals surface area contributed by atoms with E-state index in [0.29, 0.717) is 24.5 Å². The van der Waals surface area contributed by atoms with Crippen molar-refractivity contribution in [2.75, 3.05) is 11.9 Å². The first-order chi connectivity index (χ1) is 7.79. The summed E-state index contributed by atoms with van der Waals surface area (Å²) < 4.78 is 4.60. The van der Waals surface area contributed by atoms with Gasteiger partial charge in [-0.3, -0.25) is 4.79 Å². The maximum atomic E-state index is 11.6. The summed E-state index contributed by atoms with van der Waals surface area (Å²) in [5.74, 6) is 0.0757. The van der Waals surface area contributed by atoms with Gasteiger partial charge in [0.1, 0.15) is 12.0 Å². The number of amides is 1. The van der Waals surface area contributed by atoms with Gasteiger partial charge in [0.05, 0.1) is 5.01 Å². The van der Waals surface area contributed by atoms with E-state index in [-0.39, 0.29) is 5.91 Å². The highest BCUT2D eigenvalue weighted by molar-refractivity contribution is 7.09. The number of nitrogens with two attached hydrogens (primary N) is 1. The highest BCUT2D eigenvalue weighted by Crippen LogP contribution is 2.11. The minimum absolute atomic E-state index is 0.298. The van der Waals surface area contributed by atoms with Crippen LogP contribution in [0, 0.1) is 0 Å². The van der Waals surface area contributed by atoms with Crippen molar-refractivity contribution in [3.05, 3.63) is 28.4 Å². The van der Waals surface area contributed by atoms with Crippen molar-refractivity contribution in [3.63, 3.8) is 0 Å². The van der Waals surface area contributed by atoms with Gasteiger partial charge < -0.3 is 15.6 Å². The smallest absolute Gasteiger partial charge is 0.276 e. The molecule has 2 aromatic rings. The topological polar surface area (TPSA) is 94.0 Å². The monoisotopic (exact) mass is 238 g/mol. The Balaban J connectivity index is 2.03. The summed E-state index contributed by atoms with van der Waals surface area (Å²) in [4.78, 5) is 15.8. The van der Waals surface area contributed by atoms with Crippen LogP contribution in [0.5, 0.6) is 0 Å². The van der Waals surface area contributed by atoms with E-state index in [1.165, 1.54) is 17.6 Å². The average molecular weight is 238 g/mol. The van der Waals surface area contributed by atoms with Crippen LogP contribution in [-0.2, 0) is 6.42 Å². The Morgan fingerprint density at radius 3 is 3.19 bits per heavy atom. The number of rotatable bonds is 4. The molecule has 0 atom stereocenters. The lowest BCUT2D eigenvalue weighted by molar-refractivity contribution is 0.102. The lowest BCUT2D eigenvalue weighted by Crippen LogP contribution is -2.12. The van der Waals surface area contributed by atoms with Crippen molar-refractivity contribution in [2.45, 2.75) is 6.42 Å². The minimum Gasteiger partial charge on any atom is -0.363 e. The van der Waals surface area contributed by atoms with Gasteiger partial charge in [-0.25, -0.2) is 4.98 Å². The number of nitrogens with one attached hydrogen (secondary N) is 1. The molecule has 0 fully saturated rings. The average Bonchev–Trinajstić information content (AvgIpc) is 2.89. The second kappa shape index (κ2) is 4.86. The van der Waals surface area contributed by atoms with Crippen LogP contribution in [0.4, 0.5) is 5.82 Å². The molecule has 0 aromatic carbocycles. The molecular formula is C9H10N4O2S. The first-order valence-corrected chi connectivity index (χ1v) is 5.54. The summed E-state index contributed by atoms with van der Waals surface area (Å²) in [6, 6.07) is 1.56. The van der Waals surface area contributed by atoms with Gasteiger partial charge in [-0.05, 0) is 6.54 Å². The maximum Gasteiger partial charge on any atom is 0.276 e. The van der Waals surface area contributed by atoms with Gasteiger partial charge in [-0.2, -0.15) is 0 Å². The molecule has 16 heavy (non-hydrogen) atoms. The van der Waals surface area contributed by atoms with Gasteiger partial charge in [0.2, 0.25) is 0 Å². The van der Waals surface area contributed by atoms with E-state index in [1.807, 2.05) is 0 Å². The summed E-state index contributed by atoms with van der Waals surface area (Å²) in [5, 5.41) is 8.69. The standard InChI is InChI=1S/C9H10N4O2S/c10-3-1-8-11-6(5-16-8)9(14)12-7-2-4-15-13-7/h2,4-5H,1,3,10H2,(H,12,13,14). The Hall–Kier alpha value is -1.73. The molecule has 0 spiro atoms. The summed E-state index contributed by atoms with van der Waals surface area (Å²) in [7, 11) is 0. The lowest BCUT2D eigenvalue weighted by atomic mass is 10.4. The second-order valence-corrected chi connectivity index (χ2v) is 3.95. The number of hydrogen-bond donors (Lipinski definition) is 2. The van der Waals surface area contributed by atoms with E-state index in [4.69, 9.17) is 5.73 Å². The van der Waals surface area contributed by atoms with Crippen LogP contribution in [0.15, 0.2) is 22.2 Å². The van der Waals surface area contributed by atoms with E-state index in [1.54, 1.807) is 11.4 Å². The van der Waals surface area contributed by atoms with E-state index in [9.17, 15) is 4.79 Å². The van der Waals surface area contributed by atoms with Crippen LogP contribution in [0.25, 0.3) is 0 Å². The van der Waals surface area contributed by atoms with Crippen molar-refractivity contribution in [1.29, 1.82) is 0 Å². The molecule has 2 heterocycles. The van der Waals surface area contributed by atoms with Gasteiger partial charge in [0.15, 0.2) is 5.82 Å². The number of thiazole rings is 1. The maximum absolute atomic E-state index is 11.6. The molecule has 0 radical (unpaired) electrons. The molecule has 3 N–H and O–H groups in total. The molecule has 2 aromatic heterocycles. The van der Waals surface area contributed by atoms with E-state index in [0.717, 1.165) is 5.01 Å². The largest absolute Gasteiger partial charge is 0.363 e. The molecule has 84 valence electrons. The third-order valence-electron chi connectivity index (χ3n) is 1.82. The Morgan fingerprint density at radius 2 is 2.50 bits per heavy atom. The molecule has 0 unspecified atom stereocenters. The molecule has 0 bridgehead atoms. The number of carbonyl (C=O) groups excluding carboxylic acids is 1. The van der Waals surface area contributed by atoms with E-state index >= 15 is 0 Å². The number of nitrogens with zero attached hydrogens (tertiary/aromatic N) is 2. The fraction of sp³-hybridized carbons (Fsp3) is 0.222. The van der Waals surface area contributed by atoms with Crippen LogP contribution in [0.1, 0.15) is 15.5 Å². The molecule has 2 rings (SSSR count). The Morgan fingerprint density at radius 1 is 1.62 bits per heavy atom. The minimum atomic E-state index is -0.298. The number of anilines is 1. The van der Waals surface area contributed by atoms with E-state index < -0.39 is 0 Å². The molecule has 1 amide bonds. The zero-order chi connectivity index (χ0) is 11.4. The fourth-order valence-corrected chi connectivity index (χ4v) is 1.91. The molecule has 0 saturated carbocycles. The third kappa shape index (κ3) is 2.44. The van der Waals surface area contributed by atoms with Gasteiger partial charge >= 0.3 is 0 Å². The van der Waals surface area contributed by atoms with Gasteiger partial charge in [-0.1, -0.05) is 5.16 Å². The zero-order valence-corrected chi connectivity index (χ0v) is 9.16. The Labute approximate surface area is 95.5 Å². The molecule has 0 aliphatic rings. The van der Waals surface area contributed by atoms with Crippen LogP contribution < -0.4 is 11.1 Å². The molecule has 0 saturated heterocycles. The molecule has 6 nitrogen and oxygen atoms in total. The molecular weight excluding hydrogens is 228 g/mol. The summed E-state index contributed by atoms with van der Waals surface area (Å²) in [6.07, 6.45) is 2.07. The van der Waals surface area contributed by atoms with Gasteiger partial charge in [0, 0.05) is 17.9 Å². The van der Waals surface area contributed by atoms with Crippen molar-refractivity contribution in [2.24, 2.45) is 5.73 Å². The number of carbonyl (C=O) groups is 1. The number of aromatic nitrogens is 2. The molecule has 0 aliphatic carbocycles. The SMILES string of the molecule is NCCc1nc(C(=O)Nc2ccon2)cs1. The van der Waals surface area contributed by atoms with Crippen LogP contribution in [-0.4, -0.2) is 22.6 Å². The molecule has 7 heteroatoms. The van der Waals surface area contributed by atoms with Crippen molar-refractivity contribution < 1.29 is 9.32 Å². The van der Waals surface area contributed by atoms with Gasteiger partial charge in [-0.15, -0.1) is 11.3 Å². The predicted octanol–water partition coefficient (Wildman–Crippen LogP) is 0.885. The lowest BCUT2D eigenvalue weighted by Gasteiger charge is -1.96.